The number of hydrogen-bond acceptors (Lipinski definition) is 2. The Morgan fingerprint density at radius 1 is 1.27 bits per heavy atom. The Morgan fingerprint density at radius 2 is 1.82 bits per heavy atom. The molecule has 11 heavy (non-hydrogen) atoms. The van der Waals surface area contributed by atoms with Gasteiger partial charge < -0.3 is 10.2 Å². The van der Waals surface area contributed by atoms with Crippen LogP contribution in [-0.2, 0) is 0 Å². The zero-order valence-corrected chi connectivity index (χ0v) is 5.87. The largest absolute Gasteiger partial charge is 0.508 e. The van der Waals surface area contributed by atoms with Gasteiger partial charge >= 0.3 is 0 Å². The molecule has 1 rings (SSSR count). The molecule has 3 heteroatoms. The highest BCUT2D eigenvalue weighted by Gasteiger charge is 2.04. The predicted molar refractivity (Wildman–Crippen MR) is 39.0 cm³/mol. The predicted octanol–water partition coefficient (Wildman–Crippen LogP) is 1.40. The lowest BCUT2D eigenvalue weighted by molar-refractivity contribution is 0.141. The molecule has 1 unspecified atom stereocenters. The van der Waals surface area contributed by atoms with E-state index in [1.165, 1.54) is 24.3 Å². The van der Waals surface area contributed by atoms with Gasteiger partial charge in [0, 0.05) is 0 Å². The first kappa shape index (κ1) is 8.01. The molecular weight excluding hydrogens is 147 g/mol. The maximum atomic E-state index is 11.9. The minimum atomic E-state index is -1.07. The first-order chi connectivity index (χ1) is 5.24. The second-order valence-electron chi connectivity index (χ2n) is 2.26. The second-order valence-corrected chi connectivity index (χ2v) is 2.26. The summed E-state index contributed by atoms with van der Waals surface area (Å²) < 4.78 is 11.9. The van der Waals surface area contributed by atoms with E-state index in [4.69, 9.17) is 10.2 Å². The molecule has 0 aliphatic rings. The van der Waals surface area contributed by atoms with Gasteiger partial charge in [0.15, 0.2) is 0 Å². The van der Waals surface area contributed by atoms with Crippen LogP contribution < -0.4 is 0 Å². The van der Waals surface area contributed by atoms with E-state index in [9.17, 15) is 4.39 Å². The molecule has 0 spiro atoms. The number of aliphatic hydroxyl groups is 1. The molecule has 0 aliphatic carbocycles. The summed E-state index contributed by atoms with van der Waals surface area (Å²) in [7, 11) is 0. The Balaban J connectivity index is 2.81. The Bertz CT molecular complexity index is 220. The van der Waals surface area contributed by atoms with E-state index in [0.29, 0.717) is 5.56 Å². The maximum Gasteiger partial charge on any atom is 0.119 e. The van der Waals surface area contributed by atoms with Crippen molar-refractivity contribution in [2.75, 3.05) is 6.67 Å². The molecule has 0 aliphatic heterocycles. The van der Waals surface area contributed by atoms with Crippen molar-refractivity contribution in [2.24, 2.45) is 0 Å². The normalized spacial score (nSPS) is 12.9. The highest BCUT2D eigenvalue weighted by molar-refractivity contribution is 5.27. The van der Waals surface area contributed by atoms with Crippen LogP contribution in [0.25, 0.3) is 0 Å². The molecule has 1 aromatic rings. The summed E-state index contributed by atoms with van der Waals surface area (Å²) in [6.07, 6.45) is -1.07. The molecule has 0 fully saturated rings. The van der Waals surface area contributed by atoms with Gasteiger partial charge in [0.25, 0.3) is 0 Å². The summed E-state index contributed by atoms with van der Waals surface area (Å²) in [6.45, 7) is -0.801. The van der Waals surface area contributed by atoms with Crippen molar-refractivity contribution in [3.05, 3.63) is 29.8 Å². The molecule has 0 saturated carbocycles. The van der Waals surface area contributed by atoms with Crippen molar-refractivity contribution < 1.29 is 14.6 Å². The molecule has 0 amide bonds. The number of benzene rings is 1. The minimum absolute atomic E-state index is 0.111. The van der Waals surface area contributed by atoms with Crippen LogP contribution in [0.15, 0.2) is 24.3 Å². The molecular formula is C8H9FO2. The smallest absolute Gasteiger partial charge is 0.119 e. The summed E-state index contributed by atoms with van der Waals surface area (Å²) >= 11 is 0. The second kappa shape index (κ2) is 3.34. The van der Waals surface area contributed by atoms with Crippen molar-refractivity contribution in [3.8, 4) is 5.75 Å². The number of halogens is 1. The van der Waals surface area contributed by atoms with Gasteiger partial charge in [0.2, 0.25) is 0 Å². The highest BCUT2D eigenvalue weighted by atomic mass is 19.1. The van der Waals surface area contributed by atoms with Crippen LogP contribution in [0.2, 0.25) is 0 Å². The molecule has 1 aromatic carbocycles. The van der Waals surface area contributed by atoms with Crippen LogP contribution in [0.3, 0.4) is 0 Å². The summed E-state index contributed by atoms with van der Waals surface area (Å²) in [6, 6.07) is 5.79. The summed E-state index contributed by atoms with van der Waals surface area (Å²) in [4.78, 5) is 0. The summed E-state index contributed by atoms with van der Waals surface area (Å²) in [5.74, 6) is 0.111. The standard InChI is InChI=1S/C8H9FO2/c9-5-8(11)6-1-3-7(10)4-2-6/h1-4,8,10-11H,5H2. The number of aliphatic hydroxyl groups excluding tert-OH is 1. The number of phenolic OH excluding ortho intramolecular Hbond substituents is 1. The summed E-state index contributed by atoms with van der Waals surface area (Å²) in [5, 5.41) is 17.8. The topological polar surface area (TPSA) is 40.5 Å². The number of aromatic hydroxyl groups is 1. The van der Waals surface area contributed by atoms with Gasteiger partial charge in [-0.3, -0.25) is 0 Å². The van der Waals surface area contributed by atoms with Gasteiger partial charge in [-0.1, -0.05) is 12.1 Å². The molecule has 0 saturated heterocycles. The number of rotatable bonds is 2. The van der Waals surface area contributed by atoms with Gasteiger partial charge in [-0.2, -0.15) is 0 Å². The SMILES string of the molecule is Oc1ccc(C(O)CF)cc1. The average molecular weight is 156 g/mol. The Morgan fingerprint density at radius 3 is 2.27 bits per heavy atom. The van der Waals surface area contributed by atoms with Gasteiger partial charge in [-0.05, 0) is 17.7 Å². The third-order valence-electron chi connectivity index (χ3n) is 1.42. The molecule has 0 radical (unpaired) electrons. The van der Waals surface area contributed by atoms with Gasteiger partial charge in [0.1, 0.15) is 18.5 Å². The van der Waals surface area contributed by atoms with Crippen LogP contribution in [0.5, 0.6) is 5.75 Å². The lowest BCUT2D eigenvalue weighted by Gasteiger charge is -2.04. The maximum absolute atomic E-state index is 11.9. The highest BCUT2D eigenvalue weighted by Crippen LogP contribution is 2.16. The first-order valence-corrected chi connectivity index (χ1v) is 3.27. The molecule has 1 atom stereocenters. The molecule has 2 N–H and O–H groups in total. The number of alkyl halides is 1. The van der Waals surface area contributed by atoms with Crippen molar-refractivity contribution in [1.29, 1.82) is 0 Å². The van der Waals surface area contributed by atoms with Crippen molar-refractivity contribution in [3.63, 3.8) is 0 Å². The van der Waals surface area contributed by atoms with E-state index in [1.807, 2.05) is 0 Å². The fraction of sp³-hybridized carbons (Fsp3) is 0.250. The lowest BCUT2D eigenvalue weighted by Crippen LogP contribution is -1.97. The van der Waals surface area contributed by atoms with Crippen molar-refractivity contribution in [1.82, 2.24) is 0 Å². The molecule has 0 aromatic heterocycles. The van der Waals surface area contributed by atoms with E-state index < -0.39 is 12.8 Å². The Labute approximate surface area is 63.9 Å². The quantitative estimate of drug-likeness (QED) is 0.679. The van der Waals surface area contributed by atoms with Crippen molar-refractivity contribution >= 4 is 0 Å². The molecule has 0 bridgehead atoms. The first-order valence-electron chi connectivity index (χ1n) is 3.27. The van der Waals surface area contributed by atoms with Gasteiger partial charge in [-0.25, -0.2) is 4.39 Å². The third-order valence-corrected chi connectivity index (χ3v) is 1.42. The fourth-order valence-corrected chi connectivity index (χ4v) is 0.786. The van der Waals surface area contributed by atoms with E-state index in [2.05, 4.69) is 0 Å². The zero-order chi connectivity index (χ0) is 8.27. The van der Waals surface area contributed by atoms with Crippen LogP contribution in [-0.4, -0.2) is 16.9 Å². The number of phenols is 1. The zero-order valence-electron chi connectivity index (χ0n) is 5.87. The van der Waals surface area contributed by atoms with Crippen LogP contribution in [0, 0.1) is 0 Å². The van der Waals surface area contributed by atoms with Crippen LogP contribution in [0.1, 0.15) is 11.7 Å². The number of hydrogen-bond donors (Lipinski definition) is 2. The van der Waals surface area contributed by atoms with E-state index in [-0.39, 0.29) is 5.75 Å². The van der Waals surface area contributed by atoms with Gasteiger partial charge in [-0.15, -0.1) is 0 Å². The van der Waals surface area contributed by atoms with Crippen LogP contribution in [0.4, 0.5) is 4.39 Å². The van der Waals surface area contributed by atoms with Crippen LogP contribution >= 0.6 is 0 Å². The van der Waals surface area contributed by atoms with E-state index in [1.54, 1.807) is 0 Å². The van der Waals surface area contributed by atoms with E-state index in [0.717, 1.165) is 0 Å². The third kappa shape index (κ3) is 1.91. The average Bonchev–Trinajstić information content (AvgIpc) is 2.05. The van der Waals surface area contributed by atoms with Crippen molar-refractivity contribution in [2.45, 2.75) is 6.10 Å². The molecule has 2 nitrogen and oxygen atoms in total. The molecule has 0 heterocycles. The minimum Gasteiger partial charge on any atom is -0.508 e. The lowest BCUT2D eigenvalue weighted by atomic mass is 10.1. The van der Waals surface area contributed by atoms with E-state index >= 15 is 0 Å². The van der Waals surface area contributed by atoms with Gasteiger partial charge in [0.05, 0.1) is 0 Å². The summed E-state index contributed by atoms with van der Waals surface area (Å²) in [5.41, 5.74) is 0.477. The fourth-order valence-electron chi connectivity index (χ4n) is 0.786. The Kier molecular flexibility index (Phi) is 2.44. The monoisotopic (exact) mass is 156 g/mol. The molecule has 60 valence electrons. The Hall–Kier alpha value is -1.09.